The molecule has 0 aromatic carbocycles. The van der Waals surface area contributed by atoms with Crippen molar-refractivity contribution in [3.05, 3.63) is 24.9 Å². The highest BCUT2D eigenvalue weighted by Crippen LogP contribution is 1.93. The normalized spacial score (nSPS) is 10.8. The minimum atomic E-state index is -3.80. The van der Waals surface area contributed by atoms with Gasteiger partial charge in [0.15, 0.2) is 0 Å². The fourth-order valence-corrected chi connectivity index (χ4v) is 1.30. The predicted octanol–water partition coefficient (Wildman–Crippen LogP) is 0.944. The summed E-state index contributed by atoms with van der Waals surface area (Å²) in [6.45, 7) is 7.76. The molecule has 76 valence electrons. The molecule has 0 bridgehead atoms. The van der Waals surface area contributed by atoms with E-state index in [9.17, 15) is 8.42 Å². The van der Waals surface area contributed by atoms with Crippen molar-refractivity contribution in [2.24, 2.45) is 0 Å². The summed E-state index contributed by atoms with van der Waals surface area (Å²) >= 11 is 0. The molecule has 4 nitrogen and oxygen atoms in total. The molecule has 0 fully saturated rings. The summed E-state index contributed by atoms with van der Waals surface area (Å²) in [5, 5.41) is 2.93. The monoisotopic (exact) mass is 205 g/mol. The van der Waals surface area contributed by atoms with E-state index < -0.39 is 10.1 Å². The maximum Gasteiger partial charge on any atom is 0.264 e. The Bertz CT molecular complexity index is 269. The van der Waals surface area contributed by atoms with Crippen molar-refractivity contribution in [2.75, 3.05) is 12.3 Å². The Morgan fingerprint density at radius 3 is 2.54 bits per heavy atom. The highest BCUT2D eigenvalue weighted by atomic mass is 32.2. The summed E-state index contributed by atoms with van der Waals surface area (Å²) in [5.41, 5.74) is 0.715. The Morgan fingerprint density at radius 1 is 1.46 bits per heavy atom. The van der Waals surface area contributed by atoms with Gasteiger partial charge in [-0.1, -0.05) is 13.2 Å². The van der Waals surface area contributed by atoms with Gasteiger partial charge in [0, 0.05) is 12.2 Å². The van der Waals surface area contributed by atoms with Crippen LogP contribution in [0.4, 0.5) is 0 Å². The van der Waals surface area contributed by atoms with E-state index in [4.69, 9.17) is 4.55 Å². The van der Waals surface area contributed by atoms with E-state index >= 15 is 0 Å². The molecule has 2 N–H and O–H groups in total. The quantitative estimate of drug-likeness (QED) is 0.369. The fourth-order valence-electron chi connectivity index (χ4n) is 0.731. The van der Waals surface area contributed by atoms with Gasteiger partial charge in [0.25, 0.3) is 10.1 Å². The summed E-state index contributed by atoms with van der Waals surface area (Å²) in [6, 6.07) is 0. The lowest BCUT2D eigenvalue weighted by Gasteiger charge is -2.03. The fraction of sp³-hybridized carbons (Fsp3) is 0.500. The van der Waals surface area contributed by atoms with Crippen molar-refractivity contribution in [1.29, 1.82) is 0 Å². The van der Waals surface area contributed by atoms with Crippen molar-refractivity contribution in [3.8, 4) is 0 Å². The lowest BCUT2D eigenvalue weighted by molar-refractivity contribution is 0.480. The predicted molar refractivity (Wildman–Crippen MR) is 53.0 cm³/mol. The van der Waals surface area contributed by atoms with E-state index in [1.165, 1.54) is 0 Å². The first-order chi connectivity index (χ1) is 5.95. The summed E-state index contributed by atoms with van der Waals surface area (Å²) in [5.74, 6) is -0.185. The van der Waals surface area contributed by atoms with Crippen LogP contribution < -0.4 is 5.32 Å². The average Bonchev–Trinajstić information content (AvgIpc) is 2.01. The summed E-state index contributed by atoms with van der Waals surface area (Å²) in [7, 11) is -3.80. The number of allylic oxidation sites excluding steroid dienone is 1. The molecule has 0 aliphatic carbocycles. The first kappa shape index (κ1) is 12.2. The molecule has 0 unspecified atom stereocenters. The molecular formula is C8H15NO3S. The molecule has 0 radical (unpaired) electrons. The molecule has 13 heavy (non-hydrogen) atoms. The topological polar surface area (TPSA) is 66.4 Å². The number of hydrogen-bond acceptors (Lipinski definition) is 3. The summed E-state index contributed by atoms with van der Waals surface area (Å²) in [4.78, 5) is 0. The highest BCUT2D eigenvalue weighted by Gasteiger charge is 2.02. The van der Waals surface area contributed by atoms with Crippen LogP contribution in [-0.4, -0.2) is 25.3 Å². The summed E-state index contributed by atoms with van der Waals surface area (Å²) in [6.07, 6.45) is 2.70. The highest BCUT2D eigenvalue weighted by molar-refractivity contribution is 7.85. The Kier molecular flexibility index (Phi) is 5.41. The van der Waals surface area contributed by atoms with Gasteiger partial charge in [-0.3, -0.25) is 4.55 Å². The van der Waals surface area contributed by atoms with Crippen molar-refractivity contribution in [2.45, 2.75) is 12.8 Å². The lowest BCUT2D eigenvalue weighted by atomic mass is 10.3. The van der Waals surface area contributed by atoms with Gasteiger partial charge in [-0.25, -0.2) is 0 Å². The maximum atomic E-state index is 10.3. The zero-order chi connectivity index (χ0) is 10.3. The lowest BCUT2D eigenvalue weighted by Crippen LogP contribution is -2.13. The number of rotatable bonds is 7. The maximum absolute atomic E-state index is 10.3. The molecule has 0 aromatic rings. The molecule has 0 amide bonds. The van der Waals surface area contributed by atoms with E-state index in [0.29, 0.717) is 25.1 Å². The molecule has 0 saturated heterocycles. The van der Waals surface area contributed by atoms with Crippen LogP contribution in [0.25, 0.3) is 0 Å². The van der Waals surface area contributed by atoms with Gasteiger partial charge in [0.1, 0.15) is 0 Å². The van der Waals surface area contributed by atoms with E-state index in [1.807, 2.05) is 0 Å². The van der Waals surface area contributed by atoms with Crippen LogP contribution in [0.15, 0.2) is 24.9 Å². The van der Waals surface area contributed by atoms with Crippen LogP contribution in [0.2, 0.25) is 0 Å². The Hall–Kier alpha value is -0.810. The second-order valence-corrected chi connectivity index (χ2v) is 4.22. The minimum Gasteiger partial charge on any atom is -0.386 e. The van der Waals surface area contributed by atoms with Crippen LogP contribution >= 0.6 is 0 Å². The molecule has 0 heterocycles. The molecule has 0 aromatic heterocycles. The second-order valence-electron chi connectivity index (χ2n) is 2.65. The smallest absolute Gasteiger partial charge is 0.264 e. The van der Waals surface area contributed by atoms with Gasteiger partial charge < -0.3 is 5.32 Å². The molecule has 0 atom stereocenters. The third kappa shape index (κ3) is 9.10. The van der Waals surface area contributed by atoms with E-state index in [2.05, 4.69) is 18.5 Å². The average molecular weight is 205 g/mol. The molecule has 5 heteroatoms. The molecule has 0 spiro atoms. The minimum absolute atomic E-state index is 0.185. The standard InChI is InChI=1S/C8H15NO3S/c1-3-8(2)9-6-4-5-7-13(10,11)12/h3,9H,1-2,4-7H2,(H,10,11,12). The zero-order valence-electron chi connectivity index (χ0n) is 7.49. The molecule has 0 aliphatic rings. The summed E-state index contributed by atoms with van der Waals surface area (Å²) < 4.78 is 29.0. The van der Waals surface area contributed by atoms with Crippen molar-refractivity contribution >= 4 is 10.1 Å². The van der Waals surface area contributed by atoms with Crippen LogP contribution in [0.1, 0.15) is 12.8 Å². The number of hydrogen-bond donors (Lipinski definition) is 2. The first-order valence-electron chi connectivity index (χ1n) is 3.96. The van der Waals surface area contributed by atoms with E-state index in [0.717, 1.165) is 0 Å². The first-order valence-corrected chi connectivity index (χ1v) is 5.57. The SMILES string of the molecule is C=CC(=C)NCCCCS(=O)(=O)O. The molecule has 0 rings (SSSR count). The third-order valence-corrected chi connectivity index (χ3v) is 2.23. The largest absolute Gasteiger partial charge is 0.386 e. The van der Waals surface area contributed by atoms with E-state index in [1.54, 1.807) is 6.08 Å². The number of unbranched alkanes of at least 4 members (excludes halogenated alkanes) is 1. The van der Waals surface area contributed by atoms with Gasteiger partial charge >= 0.3 is 0 Å². The number of nitrogens with one attached hydrogen (secondary N) is 1. The van der Waals surface area contributed by atoms with Crippen LogP contribution in [-0.2, 0) is 10.1 Å². The molecular weight excluding hydrogens is 190 g/mol. The Labute approximate surface area is 79.1 Å². The zero-order valence-corrected chi connectivity index (χ0v) is 8.31. The van der Waals surface area contributed by atoms with E-state index in [-0.39, 0.29) is 5.75 Å². The van der Waals surface area contributed by atoms with Gasteiger partial charge in [0.05, 0.1) is 5.75 Å². The molecule has 0 saturated carbocycles. The van der Waals surface area contributed by atoms with Crippen LogP contribution in [0, 0.1) is 0 Å². The van der Waals surface area contributed by atoms with Gasteiger partial charge in [-0.05, 0) is 18.9 Å². The van der Waals surface area contributed by atoms with Crippen molar-refractivity contribution in [3.63, 3.8) is 0 Å². The van der Waals surface area contributed by atoms with Gasteiger partial charge in [0.2, 0.25) is 0 Å². The second kappa shape index (κ2) is 5.77. The van der Waals surface area contributed by atoms with Crippen LogP contribution in [0.5, 0.6) is 0 Å². The Balaban J connectivity index is 3.38. The van der Waals surface area contributed by atoms with Crippen molar-refractivity contribution < 1.29 is 13.0 Å². The van der Waals surface area contributed by atoms with Crippen molar-refractivity contribution in [1.82, 2.24) is 5.32 Å². The third-order valence-electron chi connectivity index (χ3n) is 1.43. The van der Waals surface area contributed by atoms with Crippen LogP contribution in [0.3, 0.4) is 0 Å². The van der Waals surface area contributed by atoms with Gasteiger partial charge in [-0.2, -0.15) is 8.42 Å². The Morgan fingerprint density at radius 2 is 2.08 bits per heavy atom. The molecule has 0 aliphatic heterocycles. The van der Waals surface area contributed by atoms with Gasteiger partial charge in [-0.15, -0.1) is 0 Å².